The van der Waals surface area contributed by atoms with Crippen LogP contribution in [-0.2, 0) is 22.9 Å². The van der Waals surface area contributed by atoms with Crippen molar-refractivity contribution in [2.45, 2.75) is 43.5 Å². The number of hydrogen-bond acceptors (Lipinski definition) is 7. The van der Waals surface area contributed by atoms with E-state index in [0.717, 1.165) is 0 Å². The summed E-state index contributed by atoms with van der Waals surface area (Å²) in [5, 5.41) is -2.28. The highest BCUT2D eigenvalue weighted by Crippen LogP contribution is 2.62. The Hall–Kier alpha value is -1.10. The molecule has 5 atom stereocenters. The molecular formula is C12H14ClF2N2O7P. The quantitative estimate of drug-likeness (QED) is 0.601. The molecule has 1 aromatic rings. The third-order valence-electron chi connectivity index (χ3n) is 3.54. The molecule has 25 heavy (non-hydrogen) atoms. The minimum Gasteiger partial charge on any atom is -0.344 e. The molecule has 2 saturated heterocycles. The maximum Gasteiger partial charge on any atom is 0.477 e. The molecule has 1 N–H and O–H groups in total. The number of halogens is 3. The molecule has 0 aromatic carbocycles. The molecular weight excluding hydrogens is 389 g/mol. The van der Waals surface area contributed by atoms with Gasteiger partial charge in [0.05, 0.1) is 18.9 Å². The van der Waals surface area contributed by atoms with Crippen LogP contribution in [0.25, 0.3) is 0 Å². The van der Waals surface area contributed by atoms with Gasteiger partial charge in [-0.15, -0.1) is 0 Å². The Morgan fingerprint density at radius 2 is 2.20 bits per heavy atom. The van der Waals surface area contributed by atoms with Gasteiger partial charge in [-0.25, -0.2) is 13.8 Å². The first kappa shape index (κ1) is 18.7. The molecule has 2 fully saturated rings. The van der Waals surface area contributed by atoms with Crippen LogP contribution in [0.15, 0.2) is 15.8 Å². The van der Waals surface area contributed by atoms with Crippen molar-refractivity contribution >= 4 is 19.4 Å². The van der Waals surface area contributed by atoms with E-state index in [2.05, 4.69) is 0 Å². The van der Waals surface area contributed by atoms with E-state index in [0.29, 0.717) is 10.8 Å². The molecule has 0 bridgehead atoms. The van der Waals surface area contributed by atoms with Gasteiger partial charge in [-0.05, 0) is 13.8 Å². The van der Waals surface area contributed by atoms with E-state index >= 15 is 0 Å². The molecule has 0 spiro atoms. The second-order valence-corrected chi connectivity index (χ2v) is 7.88. The summed E-state index contributed by atoms with van der Waals surface area (Å²) >= 11 is 6.12. The maximum absolute atomic E-state index is 14.9. The summed E-state index contributed by atoms with van der Waals surface area (Å²) in [4.78, 5) is 24.6. The number of H-pyrrole nitrogens is 1. The number of ether oxygens (including phenoxy) is 1. The van der Waals surface area contributed by atoms with E-state index < -0.39 is 61.2 Å². The molecule has 5 unspecified atom stereocenters. The van der Waals surface area contributed by atoms with Gasteiger partial charge >= 0.3 is 13.5 Å². The first-order valence-corrected chi connectivity index (χ1v) is 9.03. The van der Waals surface area contributed by atoms with Crippen LogP contribution in [0.4, 0.5) is 8.78 Å². The summed E-state index contributed by atoms with van der Waals surface area (Å²) in [6, 6.07) is 0. The number of phosphoric acid groups is 1. The second kappa shape index (κ2) is 6.26. The average molecular weight is 403 g/mol. The molecule has 9 nitrogen and oxygen atoms in total. The number of fused-ring (bicyclic) bond motifs is 1. The number of rotatable bonds is 3. The van der Waals surface area contributed by atoms with E-state index in [-0.39, 0.29) is 0 Å². The van der Waals surface area contributed by atoms with Gasteiger partial charge in [0.15, 0.2) is 12.4 Å². The Bertz CT molecular complexity index is 845. The monoisotopic (exact) mass is 402 g/mol. The molecule has 3 heterocycles. The fourth-order valence-electron chi connectivity index (χ4n) is 2.49. The van der Waals surface area contributed by atoms with Crippen LogP contribution in [0, 0.1) is 5.82 Å². The summed E-state index contributed by atoms with van der Waals surface area (Å²) in [7, 11) is -4.16. The van der Waals surface area contributed by atoms with Crippen molar-refractivity contribution in [1.82, 2.24) is 9.55 Å². The number of aromatic amines is 1. The molecule has 2 aliphatic rings. The number of nitrogens with one attached hydrogen (secondary N) is 1. The van der Waals surface area contributed by atoms with Gasteiger partial charge < -0.3 is 4.74 Å². The molecule has 140 valence electrons. The summed E-state index contributed by atoms with van der Waals surface area (Å²) in [6.45, 7) is 2.68. The Morgan fingerprint density at radius 1 is 1.52 bits per heavy atom. The van der Waals surface area contributed by atoms with Crippen LogP contribution in [0.3, 0.4) is 0 Å². The highest BCUT2D eigenvalue weighted by atomic mass is 35.5. The van der Waals surface area contributed by atoms with Gasteiger partial charge in [0.1, 0.15) is 6.10 Å². The molecule has 2 aliphatic heterocycles. The highest BCUT2D eigenvalue weighted by molar-refractivity contribution is 7.48. The van der Waals surface area contributed by atoms with Gasteiger partial charge in [-0.1, -0.05) is 11.6 Å². The largest absolute Gasteiger partial charge is 0.477 e. The second-order valence-electron chi connectivity index (χ2n) is 5.75. The van der Waals surface area contributed by atoms with Crippen molar-refractivity contribution in [2.24, 2.45) is 0 Å². The summed E-state index contributed by atoms with van der Waals surface area (Å²) in [5.41, 5.74) is -2.37. The Morgan fingerprint density at radius 3 is 2.84 bits per heavy atom. The summed E-state index contributed by atoms with van der Waals surface area (Å²) < 4.78 is 61.6. The maximum atomic E-state index is 14.9. The zero-order chi connectivity index (χ0) is 18.6. The number of nitrogens with zero attached hydrogens (tertiary/aromatic N) is 1. The molecule has 0 saturated carbocycles. The van der Waals surface area contributed by atoms with E-state index in [1.165, 1.54) is 0 Å². The van der Waals surface area contributed by atoms with E-state index in [9.17, 15) is 22.9 Å². The van der Waals surface area contributed by atoms with Crippen molar-refractivity contribution in [3.8, 4) is 0 Å². The Labute approximate surface area is 144 Å². The van der Waals surface area contributed by atoms with Crippen molar-refractivity contribution < 1.29 is 31.7 Å². The lowest BCUT2D eigenvalue weighted by Crippen LogP contribution is -2.48. The van der Waals surface area contributed by atoms with Crippen LogP contribution in [0.2, 0.25) is 0 Å². The predicted molar refractivity (Wildman–Crippen MR) is 79.5 cm³/mol. The fourth-order valence-corrected chi connectivity index (χ4v) is 4.51. The van der Waals surface area contributed by atoms with Crippen molar-refractivity contribution in [2.75, 3.05) is 6.61 Å². The van der Waals surface area contributed by atoms with Crippen molar-refractivity contribution in [3.05, 3.63) is 32.9 Å². The zero-order valence-corrected chi connectivity index (χ0v) is 14.6. The van der Waals surface area contributed by atoms with E-state index in [4.69, 9.17) is 29.9 Å². The molecule has 0 amide bonds. The van der Waals surface area contributed by atoms with Crippen LogP contribution in [0.5, 0.6) is 0 Å². The summed E-state index contributed by atoms with van der Waals surface area (Å²) in [5.74, 6) is -1.32. The van der Waals surface area contributed by atoms with Crippen LogP contribution >= 0.6 is 19.4 Å². The molecule has 0 radical (unpaired) electrons. The minimum absolute atomic E-state index is 0.439. The summed E-state index contributed by atoms with van der Waals surface area (Å²) in [6.07, 6.45) is -5.30. The first-order valence-electron chi connectivity index (χ1n) is 7.19. The number of alkyl halides is 2. The van der Waals surface area contributed by atoms with E-state index in [1.807, 2.05) is 0 Å². The zero-order valence-electron chi connectivity index (χ0n) is 13.0. The molecule has 1 aromatic heterocycles. The number of hydrogen-bond donors (Lipinski definition) is 1. The molecule has 0 aliphatic carbocycles. The van der Waals surface area contributed by atoms with Gasteiger partial charge in [0.25, 0.3) is 5.56 Å². The van der Waals surface area contributed by atoms with Crippen molar-refractivity contribution in [1.29, 1.82) is 0 Å². The Kier molecular flexibility index (Phi) is 4.68. The third-order valence-corrected chi connectivity index (χ3v) is 5.85. The SMILES string of the molecule is CC(C)OP1(=O)OCC2OC(n3cc(F)c(=O)[nH]c3=O)C(F)C2(Cl)O1. The topological polar surface area (TPSA) is 109 Å². The predicted octanol–water partition coefficient (Wildman–Crippen LogP) is 1.43. The van der Waals surface area contributed by atoms with Gasteiger partial charge in [-0.3, -0.25) is 27.9 Å². The standard InChI is InChI=1S/C12H14ClF2N2O7P/c1-5(2)23-25(20)21-4-7-12(13,24-25)8(15)10(22-7)17-3-6(14)9(18)16-11(17)19/h3,5,7-8,10H,4H2,1-2H3,(H,16,18,19). The smallest absolute Gasteiger partial charge is 0.344 e. The number of aromatic nitrogens is 2. The van der Waals surface area contributed by atoms with Crippen LogP contribution < -0.4 is 11.2 Å². The normalized spacial score (nSPS) is 38.1. The lowest BCUT2D eigenvalue weighted by Gasteiger charge is -2.36. The van der Waals surface area contributed by atoms with Crippen LogP contribution in [0.1, 0.15) is 20.1 Å². The van der Waals surface area contributed by atoms with Gasteiger partial charge in [0.2, 0.25) is 10.9 Å². The first-order chi connectivity index (χ1) is 11.6. The van der Waals surface area contributed by atoms with Crippen LogP contribution in [-0.4, -0.2) is 39.6 Å². The highest BCUT2D eigenvalue weighted by Gasteiger charge is 2.65. The van der Waals surface area contributed by atoms with Crippen molar-refractivity contribution in [3.63, 3.8) is 0 Å². The number of phosphoric ester groups is 1. The van der Waals surface area contributed by atoms with E-state index in [1.54, 1.807) is 18.8 Å². The molecule has 3 rings (SSSR count). The lowest BCUT2D eigenvalue weighted by atomic mass is 10.1. The average Bonchev–Trinajstić information content (AvgIpc) is 2.73. The Balaban J connectivity index is 1.94. The molecule has 13 heteroatoms. The van der Waals surface area contributed by atoms with Gasteiger partial charge in [-0.2, -0.15) is 4.39 Å². The lowest BCUT2D eigenvalue weighted by molar-refractivity contribution is -0.0879. The van der Waals surface area contributed by atoms with Gasteiger partial charge in [0, 0.05) is 0 Å². The minimum atomic E-state index is -4.16. The third kappa shape index (κ3) is 3.20. The fraction of sp³-hybridized carbons (Fsp3) is 0.667.